The van der Waals surface area contributed by atoms with Crippen LogP contribution in [-0.2, 0) is 0 Å². The molecule has 17 rings (SSSR count). The van der Waals surface area contributed by atoms with Gasteiger partial charge >= 0.3 is 0 Å². The molecule has 2 nitrogen and oxygen atoms in total. The lowest BCUT2D eigenvalue weighted by Crippen LogP contribution is -1.93. The Morgan fingerprint density at radius 3 is 1.12 bits per heavy atom. The SMILES string of the molecule is c1ccc(-c2c3ccccc3c(-c3cc4cc(-c5c6ccccc6c(-c6cccc7c6ccc6cc8ccccc8cc67)c6ccccc56)c5oc6ccccc6c5c4c4c3oc3ccccc34)c3ccccc23)cc1. The Bertz CT molecular complexity index is 5230. The van der Waals surface area contributed by atoms with Gasteiger partial charge in [0.15, 0.2) is 0 Å². The van der Waals surface area contributed by atoms with Crippen LogP contribution in [0.2, 0.25) is 0 Å². The summed E-state index contributed by atoms with van der Waals surface area (Å²) >= 11 is 0. The van der Waals surface area contributed by atoms with Crippen LogP contribution in [0.3, 0.4) is 0 Å². The fraction of sp³-hybridized carbons (Fsp3) is 0. The smallest absolute Gasteiger partial charge is 0.143 e. The minimum atomic E-state index is 0.853. The fourth-order valence-electron chi connectivity index (χ4n) is 13.4. The summed E-state index contributed by atoms with van der Waals surface area (Å²) in [6.45, 7) is 0. The van der Waals surface area contributed by atoms with Crippen LogP contribution in [0.25, 0.3) is 175 Å². The Kier molecular flexibility index (Phi) is 8.59. The van der Waals surface area contributed by atoms with E-state index in [0.717, 1.165) is 76.9 Å². The summed E-state index contributed by atoms with van der Waals surface area (Å²) in [5.74, 6) is 0. The van der Waals surface area contributed by atoms with Crippen molar-refractivity contribution in [1.29, 1.82) is 0 Å². The number of hydrogen-bond acceptors (Lipinski definition) is 2. The van der Waals surface area contributed by atoms with Crippen LogP contribution in [0.15, 0.2) is 264 Å². The van der Waals surface area contributed by atoms with E-state index in [1.54, 1.807) is 0 Å². The van der Waals surface area contributed by atoms with Gasteiger partial charge in [-0.1, -0.05) is 218 Å². The van der Waals surface area contributed by atoms with Gasteiger partial charge in [-0.3, -0.25) is 0 Å². The Morgan fingerprint density at radius 2 is 0.605 bits per heavy atom. The van der Waals surface area contributed by atoms with E-state index in [1.807, 2.05) is 0 Å². The average Bonchev–Trinajstić information content (AvgIpc) is 4.24. The van der Waals surface area contributed by atoms with E-state index >= 15 is 0 Å². The summed E-state index contributed by atoms with van der Waals surface area (Å²) in [4.78, 5) is 0. The van der Waals surface area contributed by atoms with E-state index < -0.39 is 0 Å². The molecule has 0 saturated heterocycles. The average molecular weight is 963 g/mol. The van der Waals surface area contributed by atoms with Crippen LogP contribution in [0.4, 0.5) is 0 Å². The molecule has 0 aliphatic rings. The lowest BCUT2D eigenvalue weighted by atomic mass is 9.82. The lowest BCUT2D eigenvalue weighted by Gasteiger charge is -2.20. The van der Waals surface area contributed by atoms with Crippen molar-refractivity contribution < 1.29 is 8.83 Å². The quantitative estimate of drug-likeness (QED) is 0.130. The normalized spacial score (nSPS) is 12.2. The Balaban J connectivity index is 1.02. The van der Waals surface area contributed by atoms with E-state index in [4.69, 9.17) is 8.83 Å². The summed E-state index contributed by atoms with van der Waals surface area (Å²) in [7, 11) is 0. The monoisotopic (exact) mass is 962 g/mol. The molecule has 76 heavy (non-hydrogen) atoms. The first kappa shape index (κ1) is 41.5. The molecule has 0 radical (unpaired) electrons. The second kappa shape index (κ2) is 15.7. The largest absolute Gasteiger partial charge is 0.455 e. The van der Waals surface area contributed by atoms with E-state index in [2.05, 4.69) is 255 Å². The number of benzene rings is 15. The van der Waals surface area contributed by atoms with E-state index in [0.29, 0.717) is 0 Å². The van der Waals surface area contributed by atoms with Crippen LogP contribution in [0.1, 0.15) is 0 Å². The third kappa shape index (κ3) is 5.76. The number of para-hydroxylation sites is 2. The maximum atomic E-state index is 7.28. The molecule has 15 aromatic carbocycles. The Hall–Kier alpha value is -10.0. The van der Waals surface area contributed by atoms with Crippen LogP contribution in [0.5, 0.6) is 0 Å². The van der Waals surface area contributed by atoms with Gasteiger partial charge < -0.3 is 8.83 Å². The van der Waals surface area contributed by atoms with Gasteiger partial charge in [0.1, 0.15) is 22.3 Å². The topological polar surface area (TPSA) is 26.3 Å². The molecule has 2 heteroatoms. The summed E-state index contributed by atoms with van der Waals surface area (Å²) in [6.07, 6.45) is 0. The van der Waals surface area contributed by atoms with Crippen molar-refractivity contribution in [1.82, 2.24) is 0 Å². The van der Waals surface area contributed by atoms with Crippen LogP contribution in [-0.4, -0.2) is 0 Å². The summed E-state index contributed by atoms with van der Waals surface area (Å²) in [6, 6.07) is 93.5. The summed E-state index contributed by atoms with van der Waals surface area (Å²) < 4.78 is 14.5. The second-order valence-corrected chi connectivity index (χ2v) is 20.5. The second-order valence-electron chi connectivity index (χ2n) is 20.5. The molecule has 2 heterocycles. The molecule has 0 aliphatic heterocycles. The van der Waals surface area contributed by atoms with Crippen molar-refractivity contribution in [3.05, 3.63) is 255 Å². The maximum absolute atomic E-state index is 7.28. The number of furan rings is 2. The van der Waals surface area contributed by atoms with Gasteiger partial charge in [0.05, 0.1) is 0 Å². The van der Waals surface area contributed by atoms with Crippen LogP contribution >= 0.6 is 0 Å². The summed E-state index contributed by atoms with van der Waals surface area (Å²) in [5, 5.41) is 23.6. The highest BCUT2D eigenvalue weighted by atomic mass is 16.3. The molecule has 0 N–H and O–H groups in total. The number of fused-ring (bicyclic) bond motifs is 17. The van der Waals surface area contributed by atoms with Gasteiger partial charge in [0.25, 0.3) is 0 Å². The van der Waals surface area contributed by atoms with Crippen molar-refractivity contribution in [2.45, 2.75) is 0 Å². The van der Waals surface area contributed by atoms with Gasteiger partial charge in [-0.25, -0.2) is 0 Å². The van der Waals surface area contributed by atoms with Crippen molar-refractivity contribution in [3.8, 4) is 44.5 Å². The molecule has 0 saturated carbocycles. The molecule has 0 spiro atoms. The molecule has 2 aromatic heterocycles. The predicted octanol–water partition coefficient (Wildman–Crippen LogP) is 21.4. The van der Waals surface area contributed by atoms with Crippen LogP contribution in [0, 0.1) is 0 Å². The molecule has 0 unspecified atom stereocenters. The van der Waals surface area contributed by atoms with Crippen molar-refractivity contribution in [2.75, 3.05) is 0 Å². The zero-order valence-electron chi connectivity index (χ0n) is 41.1. The lowest BCUT2D eigenvalue weighted by molar-refractivity contribution is 0.670. The zero-order chi connectivity index (χ0) is 49.6. The first-order valence-corrected chi connectivity index (χ1v) is 26.2. The minimum Gasteiger partial charge on any atom is -0.455 e. The standard InChI is InChI=1S/C74H42O2/c1-2-19-43(20-3-1)66-51-23-6-8-25-53(51)69(54-26-9-7-24-52(54)66)62-41-47-42-63(74-72(60-32-15-17-36-65(60)76-74)67(47)71-59-31-14-16-35-64(59)75-73(62)71)70-57-29-12-10-27-55(57)68(56-28-11-13-30-58(56)70)50-34-18-33-48-49(50)38-37-46-39-44-21-4-5-22-45(44)40-61(46)48/h1-42H. The Morgan fingerprint density at radius 1 is 0.197 bits per heavy atom. The highest BCUT2D eigenvalue weighted by Gasteiger charge is 2.28. The van der Waals surface area contributed by atoms with Crippen LogP contribution < -0.4 is 0 Å². The maximum Gasteiger partial charge on any atom is 0.143 e. The molecular formula is C74H42O2. The first-order valence-electron chi connectivity index (χ1n) is 26.2. The molecular weight excluding hydrogens is 921 g/mol. The van der Waals surface area contributed by atoms with Crippen molar-refractivity contribution in [3.63, 3.8) is 0 Å². The highest BCUT2D eigenvalue weighted by Crippen LogP contribution is 2.54. The van der Waals surface area contributed by atoms with Gasteiger partial charge in [0, 0.05) is 49.2 Å². The van der Waals surface area contributed by atoms with E-state index in [9.17, 15) is 0 Å². The molecule has 17 aromatic rings. The van der Waals surface area contributed by atoms with Gasteiger partial charge in [-0.15, -0.1) is 0 Å². The number of hydrogen-bond donors (Lipinski definition) is 0. The van der Waals surface area contributed by atoms with Crippen molar-refractivity contribution >= 4 is 130 Å². The molecule has 0 atom stereocenters. The molecule has 350 valence electrons. The Labute approximate surface area is 435 Å². The van der Waals surface area contributed by atoms with E-state index in [-0.39, 0.29) is 0 Å². The zero-order valence-corrected chi connectivity index (χ0v) is 41.1. The third-order valence-corrected chi connectivity index (χ3v) is 16.5. The third-order valence-electron chi connectivity index (χ3n) is 16.5. The van der Waals surface area contributed by atoms with Gasteiger partial charge in [-0.2, -0.15) is 0 Å². The predicted molar refractivity (Wildman–Crippen MR) is 323 cm³/mol. The van der Waals surface area contributed by atoms with E-state index in [1.165, 1.54) is 97.7 Å². The van der Waals surface area contributed by atoms with Crippen molar-refractivity contribution in [2.24, 2.45) is 0 Å². The summed E-state index contributed by atoms with van der Waals surface area (Å²) in [5.41, 5.74) is 12.7. The first-order chi connectivity index (χ1) is 37.7. The minimum absolute atomic E-state index is 0.853. The number of rotatable bonds is 4. The molecule has 0 amide bonds. The molecule has 0 bridgehead atoms. The highest BCUT2D eigenvalue weighted by molar-refractivity contribution is 6.37. The van der Waals surface area contributed by atoms with Gasteiger partial charge in [-0.05, 0) is 139 Å². The molecule has 0 aliphatic carbocycles. The molecule has 0 fully saturated rings. The van der Waals surface area contributed by atoms with Gasteiger partial charge in [0.2, 0.25) is 0 Å². The fourth-order valence-corrected chi connectivity index (χ4v) is 13.4.